The molecule has 0 N–H and O–H groups in total. The van der Waals surface area contributed by atoms with Crippen LogP contribution < -0.4 is 0 Å². The molecular formula is C33H21N3. The summed E-state index contributed by atoms with van der Waals surface area (Å²) in [4.78, 5) is 14.4. The third kappa shape index (κ3) is 3.58. The maximum atomic E-state index is 5.12. The Balaban J connectivity index is 1.37. The Morgan fingerprint density at radius 2 is 0.944 bits per heavy atom. The van der Waals surface area contributed by atoms with Gasteiger partial charge in [-0.3, -0.25) is 4.98 Å². The zero-order valence-corrected chi connectivity index (χ0v) is 19.5. The van der Waals surface area contributed by atoms with Gasteiger partial charge in [0, 0.05) is 34.3 Å². The third-order valence-electron chi connectivity index (χ3n) is 6.74. The van der Waals surface area contributed by atoms with E-state index in [1.807, 2.05) is 24.5 Å². The highest BCUT2D eigenvalue weighted by molar-refractivity contribution is 6.04. The van der Waals surface area contributed by atoms with Gasteiger partial charge in [0.2, 0.25) is 0 Å². The second-order valence-corrected chi connectivity index (χ2v) is 8.98. The normalized spacial score (nSPS) is 11.3. The molecule has 0 aliphatic rings. The SMILES string of the molecule is c1cc(-c2ccncc2)cc(-c2ccc3ccc4ccc(-c5ccc6ccccc6c5)nc4c3n2)c1. The van der Waals surface area contributed by atoms with Crippen molar-refractivity contribution in [3.63, 3.8) is 0 Å². The van der Waals surface area contributed by atoms with Crippen molar-refractivity contribution in [1.29, 1.82) is 0 Å². The molecule has 0 aliphatic heterocycles. The van der Waals surface area contributed by atoms with Gasteiger partial charge in [0.25, 0.3) is 0 Å². The van der Waals surface area contributed by atoms with Crippen LogP contribution in [0, 0.1) is 0 Å². The summed E-state index contributed by atoms with van der Waals surface area (Å²) in [5, 5.41) is 4.61. The van der Waals surface area contributed by atoms with E-state index >= 15 is 0 Å². The molecule has 0 atom stereocenters. The van der Waals surface area contributed by atoms with Crippen LogP contribution in [0.15, 0.2) is 128 Å². The van der Waals surface area contributed by atoms with E-state index in [1.165, 1.54) is 10.8 Å². The molecule has 7 rings (SSSR count). The Morgan fingerprint density at radius 1 is 0.361 bits per heavy atom. The summed E-state index contributed by atoms with van der Waals surface area (Å²) in [7, 11) is 0. The van der Waals surface area contributed by atoms with Crippen LogP contribution in [0.5, 0.6) is 0 Å². The van der Waals surface area contributed by atoms with E-state index in [0.29, 0.717) is 0 Å². The highest BCUT2D eigenvalue weighted by Crippen LogP contribution is 2.31. The van der Waals surface area contributed by atoms with E-state index in [-0.39, 0.29) is 0 Å². The van der Waals surface area contributed by atoms with Gasteiger partial charge in [-0.15, -0.1) is 0 Å². The first-order chi connectivity index (χ1) is 17.8. The largest absolute Gasteiger partial charge is 0.265 e. The molecular weight excluding hydrogens is 438 g/mol. The minimum atomic E-state index is 0.918. The van der Waals surface area contributed by atoms with Crippen molar-refractivity contribution in [3.05, 3.63) is 128 Å². The molecule has 3 heteroatoms. The van der Waals surface area contributed by atoms with Crippen molar-refractivity contribution in [2.24, 2.45) is 0 Å². The van der Waals surface area contributed by atoms with Crippen molar-refractivity contribution in [2.75, 3.05) is 0 Å². The van der Waals surface area contributed by atoms with Gasteiger partial charge >= 0.3 is 0 Å². The Kier molecular flexibility index (Phi) is 4.78. The number of fused-ring (bicyclic) bond motifs is 4. The maximum absolute atomic E-state index is 5.12. The number of hydrogen-bond acceptors (Lipinski definition) is 3. The first-order valence-electron chi connectivity index (χ1n) is 12.0. The van der Waals surface area contributed by atoms with Crippen molar-refractivity contribution >= 4 is 32.6 Å². The lowest BCUT2D eigenvalue weighted by molar-refractivity contribution is 1.33. The van der Waals surface area contributed by atoms with Crippen molar-refractivity contribution in [3.8, 4) is 33.6 Å². The van der Waals surface area contributed by atoms with Crippen LogP contribution in [-0.2, 0) is 0 Å². The van der Waals surface area contributed by atoms with Crippen LogP contribution >= 0.6 is 0 Å². The molecule has 0 spiro atoms. The van der Waals surface area contributed by atoms with Gasteiger partial charge in [-0.1, -0.05) is 78.9 Å². The number of nitrogens with zero attached hydrogens (tertiary/aromatic N) is 3. The Labute approximate surface area is 208 Å². The minimum absolute atomic E-state index is 0.918. The minimum Gasteiger partial charge on any atom is -0.265 e. The number of rotatable bonds is 3. The smallest absolute Gasteiger partial charge is 0.0972 e. The van der Waals surface area contributed by atoms with Crippen LogP contribution in [0.3, 0.4) is 0 Å². The van der Waals surface area contributed by atoms with Crippen LogP contribution in [0.2, 0.25) is 0 Å². The van der Waals surface area contributed by atoms with Gasteiger partial charge in [0.05, 0.1) is 22.4 Å². The Bertz CT molecular complexity index is 1890. The molecule has 168 valence electrons. The third-order valence-corrected chi connectivity index (χ3v) is 6.74. The van der Waals surface area contributed by atoms with Gasteiger partial charge in [0.15, 0.2) is 0 Å². The standard InChI is InChI=1S/C33H21N3/c1-2-5-26-21-29(11-8-22(26)4-1)31-15-13-25-10-9-24-12-14-30(35-32(24)33(25)36-31)28-7-3-6-27(20-28)23-16-18-34-19-17-23/h1-21H. The lowest BCUT2D eigenvalue weighted by Crippen LogP contribution is -1.91. The lowest BCUT2D eigenvalue weighted by atomic mass is 10.0. The predicted molar refractivity (Wildman–Crippen MR) is 149 cm³/mol. The summed E-state index contributed by atoms with van der Waals surface area (Å²) in [6.45, 7) is 0. The topological polar surface area (TPSA) is 38.7 Å². The fraction of sp³-hybridized carbons (Fsp3) is 0. The summed E-state index contributed by atoms with van der Waals surface area (Å²) < 4.78 is 0. The van der Waals surface area contributed by atoms with Gasteiger partial charge in [0.1, 0.15) is 0 Å². The number of benzene rings is 4. The average Bonchev–Trinajstić information content (AvgIpc) is 2.97. The summed E-state index contributed by atoms with van der Waals surface area (Å²) >= 11 is 0. The van der Waals surface area contributed by atoms with Crippen LogP contribution in [0.4, 0.5) is 0 Å². The molecule has 0 saturated heterocycles. The van der Waals surface area contributed by atoms with E-state index in [4.69, 9.17) is 9.97 Å². The molecule has 0 aliphatic carbocycles. The molecule has 36 heavy (non-hydrogen) atoms. The number of hydrogen-bond donors (Lipinski definition) is 0. The maximum Gasteiger partial charge on any atom is 0.0972 e. The molecule has 0 unspecified atom stereocenters. The second kappa shape index (κ2) is 8.40. The molecule has 3 nitrogen and oxygen atoms in total. The first kappa shape index (κ1) is 20.5. The molecule has 0 radical (unpaired) electrons. The zero-order valence-electron chi connectivity index (χ0n) is 19.5. The zero-order chi connectivity index (χ0) is 23.9. The molecule has 7 aromatic rings. The van der Waals surface area contributed by atoms with Crippen LogP contribution in [0.25, 0.3) is 66.2 Å². The number of aromatic nitrogens is 3. The average molecular weight is 460 g/mol. The molecule has 3 aromatic heterocycles. The summed E-state index contributed by atoms with van der Waals surface area (Å²) in [6.07, 6.45) is 3.64. The van der Waals surface area contributed by atoms with Gasteiger partial charge in [-0.2, -0.15) is 0 Å². The fourth-order valence-corrected chi connectivity index (χ4v) is 4.84. The molecule has 4 aromatic carbocycles. The fourth-order valence-electron chi connectivity index (χ4n) is 4.84. The highest BCUT2D eigenvalue weighted by atomic mass is 14.8. The number of pyridine rings is 3. The predicted octanol–water partition coefficient (Wildman–Crippen LogP) is 8.33. The van der Waals surface area contributed by atoms with E-state index in [2.05, 4.69) is 108 Å². The lowest BCUT2D eigenvalue weighted by Gasteiger charge is -2.09. The summed E-state index contributed by atoms with van der Waals surface area (Å²) in [5.74, 6) is 0. The summed E-state index contributed by atoms with van der Waals surface area (Å²) in [5.41, 5.74) is 8.19. The van der Waals surface area contributed by atoms with Gasteiger partial charge < -0.3 is 0 Å². The summed E-state index contributed by atoms with van der Waals surface area (Å²) in [6, 6.07) is 40.2. The van der Waals surface area contributed by atoms with E-state index in [1.54, 1.807) is 0 Å². The Hall–Kier alpha value is -4.89. The molecule has 0 bridgehead atoms. The van der Waals surface area contributed by atoms with Crippen molar-refractivity contribution < 1.29 is 0 Å². The molecule has 0 fully saturated rings. The Morgan fingerprint density at radius 3 is 1.67 bits per heavy atom. The van der Waals surface area contributed by atoms with Gasteiger partial charge in [-0.25, -0.2) is 9.97 Å². The molecule has 0 saturated carbocycles. The van der Waals surface area contributed by atoms with Crippen LogP contribution in [-0.4, -0.2) is 15.0 Å². The second-order valence-electron chi connectivity index (χ2n) is 8.98. The van der Waals surface area contributed by atoms with Crippen LogP contribution in [0.1, 0.15) is 0 Å². The monoisotopic (exact) mass is 459 g/mol. The van der Waals surface area contributed by atoms with Gasteiger partial charge in [-0.05, 0) is 58.3 Å². The highest BCUT2D eigenvalue weighted by Gasteiger charge is 2.10. The van der Waals surface area contributed by atoms with E-state index in [9.17, 15) is 0 Å². The quantitative estimate of drug-likeness (QED) is 0.249. The van der Waals surface area contributed by atoms with E-state index < -0.39 is 0 Å². The van der Waals surface area contributed by atoms with E-state index in [0.717, 1.165) is 55.4 Å². The molecule has 3 heterocycles. The van der Waals surface area contributed by atoms with Crippen molar-refractivity contribution in [1.82, 2.24) is 15.0 Å². The first-order valence-corrected chi connectivity index (χ1v) is 12.0. The molecule has 0 amide bonds. The van der Waals surface area contributed by atoms with Crippen molar-refractivity contribution in [2.45, 2.75) is 0 Å².